The Kier molecular flexibility index (Phi) is 3.20. The van der Waals surface area contributed by atoms with Gasteiger partial charge in [0.1, 0.15) is 0 Å². The molecule has 2 aliphatic rings. The summed E-state index contributed by atoms with van der Waals surface area (Å²) < 4.78 is 0. The lowest BCUT2D eigenvalue weighted by molar-refractivity contribution is 0.306. The first-order valence-electron chi connectivity index (χ1n) is 6.50. The Bertz CT molecular complexity index is 242. The van der Waals surface area contributed by atoms with Gasteiger partial charge in [0.15, 0.2) is 0 Å². The van der Waals surface area contributed by atoms with Crippen LogP contribution in [0, 0.1) is 23.2 Å². The normalized spacial score (nSPS) is 33.9. The lowest BCUT2D eigenvalue weighted by atomic mass is 9.89. The predicted molar refractivity (Wildman–Crippen MR) is 65.8 cm³/mol. The molecular formula is C14H25N. The molecule has 3 atom stereocenters. The van der Waals surface area contributed by atoms with E-state index in [1.807, 2.05) is 0 Å². The molecule has 0 amide bonds. The van der Waals surface area contributed by atoms with Crippen molar-refractivity contribution < 1.29 is 0 Å². The van der Waals surface area contributed by atoms with Crippen molar-refractivity contribution >= 4 is 0 Å². The second-order valence-corrected chi connectivity index (χ2v) is 6.19. The number of nitrogens with one attached hydrogen (secondary N) is 1. The van der Waals surface area contributed by atoms with Crippen LogP contribution in [0.5, 0.6) is 0 Å². The summed E-state index contributed by atoms with van der Waals surface area (Å²) in [6.45, 7) is 9.37. The number of fused-ring (bicyclic) bond motifs is 2. The van der Waals surface area contributed by atoms with Gasteiger partial charge in [-0.2, -0.15) is 0 Å². The third-order valence-electron chi connectivity index (χ3n) is 4.38. The Labute approximate surface area is 94.3 Å². The Morgan fingerprint density at radius 2 is 2.07 bits per heavy atom. The summed E-state index contributed by atoms with van der Waals surface area (Å²) in [6, 6.07) is 0. The van der Waals surface area contributed by atoms with Gasteiger partial charge in [-0.1, -0.05) is 32.9 Å². The van der Waals surface area contributed by atoms with Crippen molar-refractivity contribution in [3.63, 3.8) is 0 Å². The molecule has 1 heteroatoms. The van der Waals surface area contributed by atoms with Crippen LogP contribution >= 0.6 is 0 Å². The summed E-state index contributed by atoms with van der Waals surface area (Å²) in [5, 5.41) is 3.67. The van der Waals surface area contributed by atoms with E-state index < -0.39 is 0 Å². The molecule has 15 heavy (non-hydrogen) atoms. The van der Waals surface area contributed by atoms with E-state index in [-0.39, 0.29) is 0 Å². The van der Waals surface area contributed by atoms with E-state index in [0.717, 1.165) is 17.8 Å². The molecule has 3 unspecified atom stereocenters. The molecule has 0 aromatic carbocycles. The summed E-state index contributed by atoms with van der Waals surface area (Å²) >= 11 is 0. The molecule has 0 aromatic rings. The molecule has 0 aliphatic heterocycles. The van der Waals surface area contributed by atoms with Gasteiger partial charge in [-0.25, -0.2) is 0 Å². The van der Waals surface area contributed by atoms with E-state index >= 15 is 0 Å². The summed E-state index contributed by atoms with van der Waals surface area (Å²) in [4.78, 5) is 0. The van der Waals surface area contributed by atoms with Crippen LogP contribution in [0.25, 0.3) is 0 Å². The largest absolute Gasteiger partial charge is 0.316 e. The molecule has 0 heterocycles. The third kappa shape index (κ3) is 2.63. The zero-order valence-electron chi connectivity index (χ0n) is 10.4. The Morgan fingerprint density at radius 1 is 1.27 bits per heavy atom. The van der Waals surface area contributed by atoms with Crippen molar-refractivity contribution in [2.75, 3.05) is 13.1 Å². The molecule has 2 aliphatic carbocycles. The fourth-order valence-corrected chi connectivity index (χ4v) is 2.85. The van der Waals surface area contributed by atoms with Gasteiger partial charge >= 0.3 is 0 Å². The second kappa shape index (κ2) is 4.29. The molecule has 86 valence electrons. The van der Waals surface area contributed by atoms with Crippen LogP contribution in [-0.4, -0.2) is 13.1 Å². The number of rotatable bonds is 5. The van der Waals surface area contributed by atoms with Gasteiger partial charge in [-0.3, -0.25) is 0 Å². The van der Waals surface area contributed by atoms with E-state index in [0.29, 0.717) is 5.41 Å². The molecule has 2 bridgehead atoms. The van der Waals surface area contributed by atoms with Gasteiger partial charge < -0.3 is 5.32 Å². The van der Waals surface area contributed by atoms with Crippen molar-refractivity contribution in [1.29, 1.82) is 0 Å². The first kappa shape index (κ1) is 11.2. The smallest absolute Gasteiger partial charge is 0.000253 e. The molecule has 0 radical (unpaired) electrons. The van der Waals surface area contributed by atoms with E-state index in [2.05, 4.69) is 38.2 Å². The lowest BCUT2D eigenvalue weighted by Crippen LogP contribution is -2.33. The summed E-state index contributed by atoms with van der Waals surface area (Å²) in [5.74, 6) is 2.74. The van der Waals surface area contributed by atoms with Crippen LogP contribution in [0.4, 0.5) is 0 Å². The van der Waals surface area contributed by atoms with Gasteiger partial charge in [0.05, 0.1) is 0 Å². The van der Waals surface area contributed by atoms with Crippen molar-refractivity contribution in [2.24, 2.45) is 23.2 Å². The van der Waals surface area contributed by atoms with Crippen molar-refractivity contribution in [3.8, 4) is 0 Å². The molecule has 0 aromatic heterocycles. The molecule has 2 rings (SSSR count). The monoisotopic (exact) mass is 207 g/mol. The predicted octanol–water partition coefficient (Wildman–Crippen LogP) is 3.22. The van der Waals surface area contributed by atoms with E-state index in [9.17, 15) is 0 Å². The molecule has 0 spiro atoms. The van der Waals surface area contributed by atoms with Crippen molar-refractivity contribution in [3.05, 3.63) is 12.2 Å². The van der Waals surface area contributed by atoms with Crippen LogP contribution in [0.2, 0.25) is 0 Å². The molecule has 1 saturated carbocycles. The molecule has 1 nitrogen and oxygen atoms in total. The Morgan fingerprint density at radius 3 is 2.60 bits per heavy atom. The van der Waals surface area contributed by atoms with Crippen LogP contribution in [-0.2, 0) is 0 Å². The molecular weight excluding hydrogens is 182 g/mol. The summed E-state index contributed by atoms with van der Waals surface area (Å²) in [5.41, 5.74) is 0.466. The number of allylic oxidation sites excluding steroid dienone is 2. The molecule has 0 saturated heterocycles. The molecule has 1 fully saturated rings. The standard InChI is InChI=1S/C14H25N/c1-4-14(2,3)10-15-9-13-8-11-5-6-12(13)7-11/h5-6,11-13,15H,4,7-10H2,1-3H3. The maximum atomic E-state index is 3.67. The Balaban J connectivity index is 1.69. The summed E-state index contributed by atoms with van der Waals surface area (Å²) in [7, 11) is 0. The number of hydrogen-bond acceptors (Lipinski definition) is 1. The van der Waals surface area contributed by atoms with Gasteiger partial charge in [-0.05, 0) is 49.0 Å². The van der Waals surface area contributed by atoms with Crippen molar-refractivity contribution in [1.82, 2.24) is 5.32 Å². The minimum Gasteiger partial charge on any atom is -0.316 e. The van der Waals surface area contributed by atoms with E-state index in [1.165, 1.54) is 32.4 Å². The minimum absolute atomic E-state index is 0.466. The van der Waals surface area contributed by atoms with Crippen molar-refractivity contribution in [2.45, 2.75) is 40.0 Å². The second-order valence-electron chi connectivity index (χ2n) is 6.19. The minimum atomic E-state index is 0.466. The maximum Gasteiger partial charge on any atom is 0.000253 e. The maximum absolute atomic E-state index is 3.67. The van der Waals surface area contributed by atoms with E-state index in [4.69, 9.17) is 0 Å². The fourth-order valence-electron chi connectivity index (χ4n) is 2.85. The number of hydrogen-bond donors (Lipinski definition) is 1. The van der Waals surface area contributed by atoms with Gasteiger partial charge in [-0.15, -0.1) is 0 Å². The average molecular weight is 207 g/mol. The summed E-state index contributed by atoms with van der Waals surface area (Å²) in [6.07, 6.45) is 9.00. The quantitative estimate of drug-likeness (QED) is 0.683. The van der Waals surface area contributed by atoms with Gasteiger partial charge in [0.2, 0.25) is 0 Å². The average Bonchev–Trinajstić information content (AvgIpc) is 2.79. The van der Waals surface area contributed by atoms with Crippen LogP contribution < -0.4 is 5.32 Å². The van der Waals surface area contributed by atoms with Crippen LogP contribution in [0.1, 0.15) is 40.0 Å². The zero-order chi connectivity index (χ0) is 10.9. The SMILES string of the molecule is CCC(C)(C)CNCC1CC2C=CC1C2. The Hall–Kier alpha value is -0.300. The highest BCUT2D eigenvalue weighted by atomic mass is 14.9. The zero-order valence-corrected chi connectivity index (χ0v) is 10.4. The highest BCUT2D eigenvalue weighted by Gasteiger charge is 2.35. The highest BCUT2D eigenvalue weighted by Crippen LogP contribution is 2.42. The van der Waals surface area contributed by atoms with Gasteiger partial charge in [0.25, 0.3) is 0 Å². The fraction of sp³-hybridized carbons (Fsp3) is 0.857. The topological polar surface area (TPSA) is 12.0 Å². The first-order valence-corrected chi connectivity index (χ1v) is 6.50. The molecule has 1 N–H and O–H groups in total. The van der Waals surface area contributed by atoms with E-state index in [1.54, 1.807) is 0 Å². The lowest BCUT2D eigenvalue weighted by Gasteiger charge is -2.25. The van der Waals surface area contributed by atoms with Gasteiger partial charge in [0, 0.05) is 6.54 Å². The van der Waals surface area contributed by atoms with Crippen LogP contribution in [0.15, 0.2) is 12.2 Å². The first-order chi connectivity index (χ1) is 7.11. The third-order valence-corrected chi connectivity index (χ3v) is 4.38. The van der Waals surface area contributed by atoms with Crippen LogP contribution in [0.3, 0.4) is 0 Å². The highest BCUT2D eigenvalue weighted by molar-refractivity contribution is 5.10.